The summed E-state index contributed by atoms with van der Waals surface area (Å²) in [6.45, 7) is 7.68. The van der Waals surface area contributed by atoms with Crippen molar-refractivity contribution in [2.45, 2.75) is 33.7 Å². The maximum Gasteiger partial charge on any atom is 0.148 e. The molecule has 0 aliphatic heterocycles. The molecule has 2 heterocycles. The molecule has 0 aliphatic rings. The van der Waals surface area contributed by atoms with Crippen LogP contribution in [0.25, 0.3) is 0 Å². The molecule has 4 N–H and O–H groups in total. The van der Waals surface area contributed by atoms with Gasteiger partial charge in [-0.2, -0.15) is 0 Å². The van der Waals surface area contributed by atoms with Crippen molar-refractivity contribution in [3.05, 3.63) is 35.0 Å². The van der Waals surface area contributed by atoms with Gasteiger partial charge in [-0.15, -0.1) is 0 Å². The number of furan rings is 1. The second-order valence-corrected chi connectivity index (χ2v) is 4.55. The molecule has 2 aromatic rings. The first-order valence-corrected chi connectivity index (χ1v) is 6.16. The molecule has 0 amide bonds. The fourth-order valence-electron chi connectivity index (χ4n) is 1.87. The molecule has 1 atom stereocenters. The number of nitrogens with one attached hydrogen (secondary N) is 2. The Morgan fingerprint density at radius 3 is 2.42 bits per heavy atom. The van der Waals surface area contributed by atoms with E-state index in [9.17, 15) is 0 Å². The Labute approximate surface area is 112 Å². The third-order valence-corrected chi connectivity index (χ3v) is 2.94. The average molecular weight is 261 g/mol. The Balaban J connectivity index is 2.25. The fraction of sp³-hybridized carbons (Fsp3) is 0.385. The molecule has 0 bridgehead atoms. The molecule has 6 nitrogen and oxygen atoms in total. The smallest absolute Gasteiger partial charge is 0.148 e. The topological polar surface area (TPSA) is 89.0 Å². The molecule has 0 radical (unpaired) electrons. The van der Waals surface area contributed by atoms with Gasteiger partial charge in [-0.05, 0) is 39.8 Å². The molecule has 2 rings (SSSR count). The van der Waals surface area contributed by atoms with Crippen LogP contribution in [-0.2, 0) is 0 Å². The van der Waals surface area contributed by atoms with Crippen LogP contribution in [0, 0.1) is 20.8 Å². The third kappa shape index (κ3) is 2.85. The molecule has 1 unspecified atom stereocenters. The molecule has 19 heavy (non-hydrogen) atoms. The number of aryl methyl sites for hydroxylation is 2. The average Bonchev–Trinajstić information content (AvgIpc) is 2.80. The van der Waals surface area contributed by atoms with Crippen molar-refractivity contribution in [1.29, 1.82) is 0 Å². The number of nitrogens with zero attached hydrogens (tertiary/aromatic N) is 2. The zero-order valence-corrected chi connectivity index (χ0v) is 11.6. The SMILES string of the molecule is Cc1nc(NN)c(C)c(NC(C)c2ccc(C)o2)n1. The highest BCUT2D eigenvalue weighted by Crippen LogP contribution is 2.24. The van der Waals surface area contributed by atoms with Crippen LogP contribution in [0.2, 0.25) is 0 Å². The molecule has 2 aromatic heterocycles. The lowest BCUT2D eigenvalue weighted by molar-refractivity contribution is 0.466. The highest BCUT2D eigenvalue weighted by molar-refractivity contribution is 5.57. The van der Waals surface area contributed by atoms with Crippen molar-refractivity contribution in [1.82, 2.24) is 9.97 Å². The van der Waals surface area contributed by atoms with Crippen molar-refractivity contribution >= 4 is 11.6 Å². The summed E-state index contributed by atoms with van der Waals surface area (Å²) in [5.41, 5.74) is 3.46. The van der Waals surface area contributed by atoms with Gasteiger partial charge in [0.25, 0.3) is 0 Å². The largest absolute Gasteiger partial charge is 0.464 e. The summed E-state index contributed by atoms with van der Waals surface area (Å²) in [6.07, 6.45) is 0. The first-order valence-electron chi connectivity index (χ1n) is 6.16. The molecule has 0 fully saturated rings. The number of anilines is 2. The van der Waals surface area contributed by atoms with Gasteiger partial charge in [0.15, 0.2) is 0 Å². The van der Waals surface area contributed by atoms with Crippen molar-refractivity contribution in [2.24, 2.45) is 5.84 Å². The Bertz CT molecular complexity index is 578. The highest BCUT2D eigenvalue weighted by atomic mass is 16.3. The summed E-state index contributed by atoms with van der Waals surface area (Å²) in [6, 6.07) is 3.92. The molecule has 0 spiro atoms. The number of hydrazine groups is 1. The Kier molecular flexibility index (Phi) is 3.71. The Morgan fingerprint density at radius 2 is 1.84 bits per heavy atom. The van der Waals surface area contributed by atoms with Gasteiger partial charge in [-0.3, -0.25) is 0 Å². The van der Waals surface area contributed by atoms with Gasteiger partial charge < -0.3 is 15.2 Å². The van der Waals surface area contributed by atoms with Gasteiger partial charge in [0.05, 0.1) is 6.04 Å². The number of nitrogens with two attached hydrogens (primary N) is 1. The standard InChI is InChI=1S/C13H19N5O/c1-7-5-6-11(19-7)9(3)15-12-8(2)13(18-14)17-10(4)16-12/h5-6,9H,14H2,1-4H3,(H2,15,16,17,18). The summed E-state index contributed by atoms with van der Waals surface area (Å²) < 4.78 is 5.60. The van der Waals surface area contributed by atoms with Gasteiger partial charge in [-0.1, -0.05) is 0 Å². The van der Waals surface area contributed by atoms with Crippen LogP contribution in [0.3, 0.4) is 0 Å². The van der Waals surface area contributed by atoms with Gasteiger partial charge in [0.1, 0.15) is 29.0 Å². The van der Waals surface area contributed by atoms with Gasteiger partial charge in [0, 0.05) is 5.56 Å². The van der Waals surface area contributed by atoms with Gasteiger partial charge in [-0.25, -0.2) is 15.8 Å². The number of hydrogen-bond acceptors (Lipinski definition) is 6. The van der Waals surface area contributed by atoms with E-state index in [4.69, 9.17) is 10.3 Å². The maximum atomic E-state index is 5.60. The molecule has 6 heteroatoms. The minimum atomic E-state index is 0.0207. The second-order valence-electron chi connectivity index (χ2n) is 4.55. The monoisotopic (exact) mass is 261 g/mol. The lowest BCUT2D eigenvalue weighted by Crippen LogP contribution is -2.15. The van der Waals surface area contributed by atoms with E-state index >= 15 is 0 Å². The lowest BCUT2D eigenvalue weighted by atomic mass is 10.2. The Morgan fingerprint density at radius 1 is 1.16 bits per heavy atom. The van der Waals surface area contributed by atoms with Crippen LogP contribution in [0.5, 0.6) is 0 Å². The number of aromatic nitrogens is 2. The zero-order valence-electron chi connectivity index (χ0n) is 11.6. The number of hydrogen-bond donors (Lipinski definition) is 3. The minimum absolute atomic E-state index is 0.0207. The summed E-state index contributed by atoms with van der Waals surface area (Å²) in [4.78, 5) is 8.62. The molecule has 102 valence electrons. The van der Waals surface area contributed by atoms with Crippen molar-refractivity contribution < 1.29 is 4.42 Å². The summed E-state index contributed by atoms with van der Waals surface area (Å²) in [7, 11) is 0. The van der Waals surface area contributed by atoms with E-state index in [1.54, 1.807) is 0 Å². The first kappa shape index (κ1) is 13.4. The molecule has 0 saturated heterocycles. The van der Waals surface area contributed by atoms with Crippen LogP contribution < -0.4 is 16.6 Å². The number of nitrogen functional groups attached to an aromatic ring is 1. The Hall–Kier alpha value is -2.08. The molecule has 0 aliphatic carbocycles. The summed E-state index contributed by atoms with van der Waals surface area (Å²) in [5, 5.41) is 3.31. The molecule has 0 aromatic carbocycles. The van der Waals surface area contributed by atoms with E-state index < -0.39 is 0 Å². The maximum absolute atomic E-state index is 5.60. The van der Waals surface area contributed by atoms with Crippen LogP contribution in [0.1, 0.15) is 35.9 Å². The van der Waals surface area contributed by atoms with E-state index in [0.717, 1.165) is 22.9 Å². The molecule has 0 saturated carbocycles. The molecular weight excluding hydrogens is 242 g/mol. The molecular formula is C13H19N5O. The van der Waals surface area contributed by atoms with Crippen LogP contribution in [0.4, 0.5) is 11.6 Å². The van der Waals surface area contributed by atoms with E-state index in [0.29, 0.717) is 11.6 Å². The number of rotatable bonds is 4. The quantitative estimate of drug-likeness (QED) is 0.578. The van der Waals surface area contributed by atoms with E-state index in [1.165, 1.54) is 0 Å². The van der Waals surface area contributed by atoms with Gasteiger partial charge >= 0.3 is 0 Å². The van der Waals surface area contributed by atoms with Crippen LogP contribution in [-0.4, -0.2) is 9.97 Å². The van der Waals surface area contributed by atoms with Crippen molar-refractivity contribution in [3.8, 4) is 0 Å². The predicted molar refractivity (Wildman–Crippen MR) is 74.8 cm³/mol. The zero-order chi connectivity index (χ0) is 14.0. The van der Waals surface area contributed by atoms with Crippen molar-refractivity contribution in [2.75, 3.05) is 10.7 Å². The third-order valence-electron chi connectivity index (χ3n) is 2.94. The van der Waals surface area contributed by atoms with Crippen LogP contribution in [0.15, 0.2) is 16.5 Å². The minimum Gasteiger partial charge on any atom is -0.464 e. The van der Waals surface area contributed by atoms with E-state index in [2.05, 4.69) is 20.7 Å². The van der Waals surface area contributed by atoms with E-state index in [1.807, 2.05) is 39.8 Å². The van der Waals surface area contributed by atoms with Gasteiger partial charge in [0.2, 0.25) is 0 Å². The summed E-state index contributed by atoms with van der Waals surface area (Å²) in [5.74, 6) is 9.24. The van der Waals surface area contributed by atoms with Crippen LogP contribution >= 0.6 is 0 Å². The first-order chi connectivity index (χ1) is 9.01. The normalized spacial score (nSPS) is 12.3. The fourth-order valence-corrected chi connectivity index (χ4v) is 1.87. The van der Waals surface area contributed by atoms with E-state index in [-0.39, 0.29) is 6.04 Å². The summed E-state index contributed by atoms with van der Waals surface area (Å²) >= 11 is 0. The second kappa shape index (κ2) is 5.27. The lowest BCUT2D eigenvalue weighted by Gasteiger charge is -2.16. The predicted octanol–water partition coefficient (Wildman–Crippen LogP) is 2.45. The highest BCUT2D eigenvalue weighted by Gasteiger charge is 2.14. The van der Waals surface area contributed by atoms with Crippen molar-refractivity contribution in [3.63, 3.8) is 0 Å².